The summed E-state index contributed by atoms with van der Waals surface area (Å²) in [5.41, 5.74) is 0.727. The Bertz CT molecular complexity index is 357. The van der Waals surface area contributed by atoms with Crippen molar-refractivity contribution in [2.24, 2.45) is 0 Å². The monoisotopic (exact) mass is 241 g/mol. The Kier molecular flexibility index (Phi) is 5.38. The van der Waals surface area contributed by atoms with Crippen molar-refractivity contribution in [1.82, 2.24) is 4.90 Å². The van der Waals surface area contributed by atoms with Gasteiger partial charge in [-0.05, 0) is 27.0 Å². The van der Waals surface area contributed by atoms with Gasteiger partial charge in [-0.3, -0.25) is 4.90 Å². The summed E-state index contributed by atoms with van der Waals surface area (Å²) < 4.78 is 18.1. The van der Waals surface area contributed by atoms with E-state index in [-0.39, 0.29) is 11.8 Å². The molecule has 0 saturated carbocycles. The molecule has 1 aromatic carbocycles. The van der Waals surface area contributed by atoms with Gasteiger partial charge in [-0.1, -0.05) is 6.07 Å². The van der Waals surface area contributed by atoms with Crippen LogP contribution in [-0.4, -0.2) is 36.8 Å². The van der Waals surface area contributed by atoms with Crippen LogP contribution in [-0.2, 0) is 4.74 Å². The zero-order chi connectivity index (χ0) is 12.8. The van der Waals surface area contributed by atoms with Crippen molar-refractivity contribution in [3.8, 4) is 5.75 Å². The van der Waals surface area contributed by atoms with E-state index in [2.05, 4.69) is 4.90 Å². The highest BCUT2D eigenvalue weighted by Gasteiger charge is 2.15. The Morgan fingerprint density at radius 1 is 1.47 bits per heavy atom. The first-order chi connectivity index (χ1) is 8.06. The minimum atomic E-state index is -0.421. The second-order valence-corrected chi connectivity index (χ2v) is 4.06. The predicted molar refractivity (Wildman–Crippen MR) is 65.6 cm³/mol. The van der Waals surface area contributed by atoms with E-state index in [0.717, 1.165) is 18.2 Å². The number of hydrogen-bond acceptors (Lipinski definition) is 3. The Hall–Kier alpha value is -1.13. The molecule has 1 rings (SSSR count). The van der Waals surface area contributed by atoms with Crippen molar-refractivity contribution in [2.45, 2.75) is 19.9 Å². The van der Waals surface area contributed by atoms with Crippen LogP contribution in [0, 0.1) is 5.82 Å². The number of phenolic OH excluding ortho intramolecular Hbond substituents is 1. The van der Waals surface area contributed by atoms with Crippen molar-refractivity contribution >= 4 is 0 Å². The third-order valence-electron chi connectivity index (χ3n) is 2.90. The fourth-order valence-electron chi connectivity index (χ4n) is 1.65. The van der Waals surface area contributed by atoms with Crippen LogP contribution < -0.4 is 0 Å². The summed E-state index contributed by atoms with van der Waals surface area (Å²) >= 11 is 0. The van der Waals surface area contributed by atoms with Gasteiger partial charge in [0.15, 0.2) is 0 Å². The molecule has 0 amide bonds. The van der Waals surface area contributed by atoms with Crippen molar-refractivity contribution in [2.75, 3.05) is 26.8 Å². The van der Waals surface area contributed by atoms with Gasteiger partial charge in [0.05, 0.1) is 6.61 Å². The summed E-state index contributed by atoms with van der Waals surface area (Å²) in [5.74, 6) is -0.420. The lowest BCUT2D eigenvalue weighted by molar-refractivity contribution is 0.110. The molecule has 0 aromatic heterocycles. The lowest BCUT2D eigenvalue weighted by atomic mass is 10.1. The molecule has 96 valence electrons. The quantitative estimate of drug-likeness (QED) is 0.777. The number of ether oxygens (including phenoxy) is 1. The van der Waals surface area contributed by atoms with Gasteiger partial charge in [-0.25, -0.2) is 4.39 Å². The highest BCUT2D eigenvalue weighted by atomic mass is 19.1. The third kappa shape index (κ3) is 3.98. The molecule has 17 heavy (non-hydrogen) atoms. The maximum Gasteiger partial charge on any atom is 0.126 e. The van der Waals surface area contributed by atoms with Crippen LogP contribution in [0.5, 0.6) is 5.75 Å². The van der Waals surface area contributed by atoms with Gasteiger partial charge in [-0.2, -0.15) is 0 Å². The number of benzene rings is 1. The lowest BCUT2D eigenvalue weighted by Crippen LogP contribution is -2.26. The lowest BCUT2D eigenvalue weighted by Gasteiger charge is -2.25. The number of nitrogens with zero attached hydrogens (tertiary/aromatic N) is 1. The van der Waals surface area contributed by atoms with E-state index in [1.807, 2.05) is 20.9 Å². The fraction of sp³-hybridized carbons (Fsp3) is 0.538. The van der Waals surface area contributed by atoms with Crippen LogP contribution in [0.1, 0.15) is 25.5 Å². The van der Waals surface area contributed by atoms with E-state index < -0.39 is 5.82 Å². The first kappa shape index (κ1) is 13.9. The summed E-state index contributed by atoms with van der Waals surface area (Å²) in [7, 11) is 1.95. The van der Waals surface area contributed by atoms with Gasteiger partial charge in [-0.15, -0.1) is 0 Å². The molecular formula is C13H20FNO2. The van der Waals surface area contributed by atoms with Crippen LogP contribution >= 0.6 is 0 Å². The Balaban J connectivity index is 2.64. The zero-order valence-corrected chi connectivity index (χ0v) is 10.6. The number of phenols is 1. The molecule has 0 fully saturated rings. The summed E-state index contributed by atoms with van der Waals surface area (Å²) in [5, 5.41) is 9.68. The molecule has 0 aliphatic carbocycles. The van der Waals surface area contributed by atoms with E-state index in [4.69, 9.17) is 4.74 Å². The number of hydrogen-bond donors (Lipinski definition) is 1. The molecule has 0 aliphatic heterocycles. The largest absolute Gasteiger partial charge is 0.508 e. The van der Waals surface area contributed by atoms with E-state index in [1.165, 1.54) is 6.07 Å². The molecule has 1 unspecified atom stereocenters. The summed E-state index contributed by atoms with van der Waals surface area (Å²) in [6.45, 7) is 6.04. The predicted octanol–water partition coefficient (Wildman–Crippen LogP) is 2.56. The van der Waals surface area contributed by atoms with Crippen LogP contribution in [0.4, 0.5) is 4.39 Å². The molecule has 4 heteroatoms. The van der Waals surface area contributed by atoms with Crippen LogP contribution in [0.15, 0.2) is 18.2 Å². The van der Waals surface area contributed by atoms with Crippen LogP contribution in [0.25, 0.3) is 0 Å². The minimum Gasteiger partial charge on any atom is -0.508 e. The highest BCUT2D eigenvalue weighted by Crippen LogP contribution is 2.27. The minimum absolute atomic E-state index is 0.000704. The third-order valence-corrected chi connectivity index (χ3v) is 2.90. The summed E-state index contributed by atoms with van der Waals surface area (Å²) in [4.78, 5) is 2.06. The number of aromatic hydroxyl groups is 1. The van der Waals surface area contributed by atoms with E-state index in [0.29, 0.717) is 13.2 Å². The zero-order valence-electron chi connectivity index (χ0n) is 10.6. The average molecular weight is 241 g/mol. The van der Waals surface area contributed by atoms with E-state index in [9.17, 15) is 9.50 Å². The number of likely N-dealkylation sites (N-methyl/N-ethyl adjacent to an activating group) is 1. The molecule has 0 saturated heterocycles. The highest BCUT2D eigenvalue weighted by molar-refractivity contribution is 5.34. The first-order valence-electron chi connectivity index (χ1n) is 5.82. The van der Waals surface area contributed by atoms with Gasteiger partial charge in [0.2, 0.25) is 0 Å². The molecule has 0 bridgehead atoms. The van der Waals surface area contributed by atoms with Gasteiger partial charge in [0.1, 0.15) is 11.6 Å². The molecular weight excluding hydrogens is 221 g/mol. The number of rotatable bonds is 6. The smallest absolute Gasteiger partial charge is 0.126 e. The maximum atomic E-state index is 12.9. The normalized spacial score (nSPS) is 13.0. The molecule has 0 heterocycles. The Labute approximate surface area is 102 Å². The van der Waals surface area contributed by atoms with Gasteiger partial charge >= 0.3 is 0 Å². The van der Waals surface area contributed by atoms with Crippen molar-refractivity contribution in [3.63, 3.8) is 0 Å². The fourth-order valence-corrected chi connectivity index (χ4v) is 1.65. The Morgan fingerprint density at radius 3 is 2.76 bits per heavy atom. The van der Waals surface area contributed by atoms with Crippen LogP contribution in [0.2, 0.25) is 0 Å². The average Bonchev–Trinajstić information content (AvgIpc) is 2.28. The summed E-state index contributed by atoms with van der Waals surface area (Å²) in [6.07, 6.45) is 0. The standard InChI is InChI=1S/C13H20FNO2/c1-4-17-8-7-15(3)10(2)12-6-5-11(14)9-13(12)16/h5-6,9-10,16H,4,7-8H2,1-3H3. The second-order valence-electron chi connectivity index (χ2n) is 4.06. The summed E-state index contributed by atoms with van der Waals surface area (Å²) in [6, 6.07) is 4.15. The van der Waals surface area contributed by atoms with Gasteiger partial charge in [0, 0.05) is 30.8 Å². The SMILES string of the molecule is CCOCCN(C)C(C)c1ccc(F)cc1O. The van der Waals surface area contributed by atoms with Crippen LogP contribution in [0.3, 0.4) is 0 Å². The topological polar surface area (TPSA) is 32.7 Å². The van der Waals surface area contributed by atoms with E-state index >= 15 is 0 Å². The molecule has 3 nitrogen and oxygen atoms in total. The maximum absolute atomic E-state index is 12.9. The number of halogens is 1. The first-order valence-corrected chi connectivity index (χ1v) is 5.82. The van der Waals surface area contributed by atoms with Gasteiger partial charge in [0.25, 0.3) is 0 Å². The Morgan fingerprint density at radius 2 is 2.18 bits per heavy atom. The molecule has 1 atom stereocenters. The molecule has 0 spiro atoms. The second kappa shape index (κ2) is 6.57. The molecule has 0 radical (unpaired) electrons. The molecule has 1 aromatic rings. The van der Waals surface area contributed by atoms with Crippen molar-refractivity contribution in [1.29, 1.82) is 0 Å². The van der Waals surface area contributed by atoms with Crippen molar-refractivity contribution in [3.05, 3.63) is 29.6 Å². The van der Waals surface area contributed by atoms with Crippen molar-refractivity contribution < 1.29 is 14.2 Å². The van der Waals surface area contributed by atoms with Gasteiger partial charge < -0.3 is 9.84 Å². The molecule has 1 N–H and O–H groups in total. The van der Waals surface area contributed by atoms with E-state index in [1.54, 1.807) is 6.07 Å². The molecule has 0 aliphatic rings.